The van der Waals surface area contributed by atoms with Gasteiger partial charge in [0.05, 0.1) is 19.2 Å². The van der Waals surface area contributed by atoms with Crippen molar-refractivity contribution in [2.75, 3.05) is 25.5 Å². The van der Waals surface area contributed by atoms with E-state index in [0.717, 1.165) is 5.69 Å². The van der Waals surface area contributed by atoms with Gasteiger partial charge in [0, 0.05) is 41.8 Å². The Bertz CT molecular complexity index is 1140. The number of aromatic amines is 1. The molecule has 1 aliphatic rings. The second kappa shape index (κ2) is 7.67. The van der Waals surface area contributed by atoms with E-state index in [-0.39, 0.29) is 17.9 Å². The maximum Gasteiger partial charge on any atom is 0.238 e. The van der Waals surface area contributed by atoms with Crippen LogP contribution in [0.5, 0.6) is 5.75 Å². The van der Waals surface area contributed by atoms with Gasteiger partial charge in [-0.2, -0.15) is 0 Å². The topological polar surface area (TPSA) is 74.4 Å². The van der Waals surface area contributed by atoms with Gasteiger partial charge >= 0.3 is 0 Å². The summed E-state index contributed by atoms with van der Waals surface area (Å²) in [4.78, 5) is 30.6. The van der Waals surface area contributed by atoms with Crippen molar-refractivity contribution in [3.8, 4) is 5.75 Å². The molecule has 2 heterocycles. The Kier molecular flexibility index (Phi) is 5.07. The van der Waals surface area contributed by atoms with Gasteiger partial charge in [-0.25, -0.2) is 4.39 Å². The lowest BCUT2D eigenvalue weighted by atomic mass is 10.0. The Hall–Kier alpha value is -3.19. The van der Waals surface area contributed by atoms with Crippen molar-refractivity contribution in [2.24, 2.45) is 0 Å². The van der Waals surface area contributed by atoms with Gasteiger partial charge < -0.3 is 15.0 Å². The number of aromatic nitrogens is 1. The molecule has 0 saturated carbocycles. The van der Waals surface area contributed by atoms with Crippen molar-refractivity contribution >= 4 is 22.5 Å². The first-order valence-electron chi connectivity index (χ1n) is 9.45. The molecule has 0 unspecified atom stereocenters. The molecule has 0 atom stereocenters. The molecule has 4 rings (SSSR count). The van der Waals surface area contributed by atoms with Crippen LogP contribution in [0.1, 0.15) is 16.8 Å². The quantitative estimate of drug-likeness (QED) is 0.712. The Morgan fingerprint density at radius 2 is 2.03 bits per heavy atom. The van der Waals surface area contributed by atoms with Crippen LogP contribution in [-0.4, -0.2) is 36.0 Å². The molecule has 2 N–H and O–H groups in total. The van der Waals surface area contributed by atoms with E-state index in [0.29, 0.717) is 53.0 Å². The molecule has 1 amide bonds. The number of methoxy groups -OCH3 is 1. The summed E-state index contributed by atoms with van der Waals surface area (Å²) in [6.07, 6.45) is 0.632. The fourth-order valence-electron chi connectivity index (χ4n) is 3.78. The zero-order chi connectivity index (χ0) is 20.5. The number of aryl methyl sites for hydroxylation is 1. The second-order valence-electron chi connectivity index (χ2n) is 7.29. The first kappa shape index (κ1) is 19.1. The number of hydrogen-bond acceptors (Lipinski definition) is 4. The van der Waals surface area contributed by atoms with Crippen LogP contribution in [0.3, 0.4) is 0 Å². The number of nitrogens with zero attached hydrogens (tertiary/aromatic N) is 1. The number of nitrogens with one attached hydrogen (secondary N) is 2. The van der Waals surface area contributed by atoms with Crippen LogP contribution in [0.25, 0.3) is 10.9 Å². The van der Waals surface area contributed by atoms with Crippen molar-refractivity contribution in [1.29, 1.82) is 0 Å². The largest absolute Gasteiger partial charge is 0.497 e. The smallest absolute Gasteiger partial charge is 0.238 e. The van der Waals surface area contributed by atoms with Crippen LogP contribution in [0.4, 0.5) is 10.1 Å². The first-order valence-corrected chi connectivity index (χ1v) is 9.45. The number of fused-ring (bicyclic) bond motifs is 2. The lowest BCUT2D eigenvalue weighted by Crippen LogP contribution is -2.39. The molecule has 1 aliphatic heterocycles. The predicted octanol–water partition coefficient (Wildman–Crippen LogP) is 2.98. The average Bonchev–Trinajstić information content (AvgIpc) is 2.70. The monoisotopic (exact) mass is 395 g/mol. The van der Waals surface area contributed by atoms with Gasteiger partial charge in [0.15, 0.2) is 5.43 Å². The van der Waals surface area contributed by atoms with Crippen molar-refractivity contribution in [3.05, 3.63) is 69.3 Å². The number of pyridine rings is 1. The third-order valence-corrected chi connectivity index (χ3v) is 5.26. The Morgan fingerprint density at radius 3 is 2.76 bits per heavy atom. The van der Waals surface area contributed by atoms with Crippen molar-refractivity contribution in [3.63, 3.8) is 0 Å². The molecule has 2 aromatic carbocycles. The number of H-pyrrole nitrogens is 1. The summed E-state index contributed by atoms with van der Waals surface area (Å²) in [6, 6.07) is 9.79. The van der Waals surface area contributed by atoms with Crippen LogP contribution in [0, 0.1) is 12.7 Å². The van der Waals surface area contributed by atoms with Crippen LogP contribution < -0.4 is 15.5 Å². The number of carbonyl (C=O) groups is 1. The Balaban J connectivity index is 1.51. The van der Waals surface area contributed by atoms with Crippen LogP contribution in [0.15, 0.2) is 41.2 Å². The molecule has 7 heteroatoms. The fourth-order valence-corrected chi connectivity index (χ4v) is 3.78. The van der Waals surface area contributed by atoms with Crippen molar-refractivity contribution < 1.29 is 13.9 Å². The summed E-state index contributed by atoms with van der Waals surface area (Å²) in [6.45, 7) is 2.97. The number of carbonyl (C=O) groups excluding carboxylic acids is 1. The summed E-state index contributed by atoms with van der Waals surface area (Å²) >= 11 is 0. The first-order chi connectivity index (χ1) is 13.9. The van der Waals surface area contributed by atoms with Gasteiger partial charge in [0.25, 0.3) is 0 Å². The Morgan fingerprint density at radius 1 is 1.28 bits per heavy atom. The molecule has 0 fully saturated rings. The average molecular weight is 395 g/mol. The molecular weight excluding hydrogens is 373 g/mol. The molecule has 1 aromatic heterocycles. The molecule has 3 aromatic rings. The highest BCUT2D eigenvalue weighted by Gasteiger charge is 2.23. The van der Waals surface area contributed by atoms with Crippen LogP contribution >= 0.6 is 0 Å². The number of hydrogen-bond donors (Lipinski definition) is 2. The number of ether oxygens (including phenoxy) is 1. The highest BCUT2D eigenvalue weighted by atomic mass is 19.1. The summed E-state index contributed by atoms with van der Waals surface area (Å²) in [5.41, 5.74) is 3.37. The maximum atomic E-state index is 13.8. The molecule has 0 spiro atoms. The number of benzene rings is 2. The standard InChI is InChI=1S/C22H22FN3O3/c1-13-9-14(23)10-17-21(13)25-19-7-8-26(11-18(19)22(17)28)12-20(27)24-15-3-5-16(29-2)6-4-15/h3-6,9-10H,7-8,11-12H2,1-2H3,(H,24,27)(H,25,28). The van der Waals surface area contributed by atoms with E-state index in [9.17, 15) is 14.0 Å². The van der Waals surface area contributed by atoms with E-state index in [1.54, 1.807) is 38.3 Å². The third-order valence-electron chi connectivity index (χ3n) is 5.26. The number of rotatable bonds is 4. The van der Waals surface area contributed by atoms with E-state index in [2.05, 4.69) is 10.3 Å². The van der Waals surface area contributed by atoms with Gasteiger partial charge in [0.2, 0.25) is 5.91 Å². The zero-order valence-electron chi connectivity index (χ0n) is 16.3. The van der Waals surface area contributed by atoms with Crippen molar-refractivity contribution in [2.45, 2.75) is 19.9 Å². The molecule has 6 nitrogen and oxygen atoms in total. The van der Waals surface area contributed by atoms with E-state index in [1.165, 1.54) is 12.1 Å². The minimum absolute atomic E-state index is 0.155. The summed E-state index contributed by atoms with van der Waals surface area (Å²) in [5, 5.41) is 3.20. The number of halogens is 1. The number of anilines is 1. The molecule has 0 saturated heterocycles. The van der Waals surface area contributed by atoms with Gasteiger partial charge in [-0.15, -0.1) is 0 Å². The maximum absolute atomic E-state index is 13.8. The zero-order valence-corrected chi connectivity index (χ0v) is 16.3. The Labute approximate surface area is 167 Å². The SMILES string of the molecule is COc1ccc(NC(=O)CN2CCc3[nH]c4c(C)cc(F)cc4c(=O)c3C2)cc1. The highest BCUT2D eigenvalue weighted by Crippen LogP contribution is 2.22. The molecule has 29 heavy (non-hydrogen) atoms. The fraction of sp³-hybridized carbons (Fsp3) is 0.273. The molecular formula is C22H22FN3O3. The molecule has 0 bridgehead atoms. The van der Waals surface area contributed by atoms with Crippen LogP contribution in [-0.2, 0) is 17.8 Å². The highest BCUT2D eigenvalue weighted by molar-refractivity contribution is 5.92. The molecule has 0 radical (unpaired) electrons. The van der Waals surface area contributed by atoms with Gasteiger partial charge in [-0.1, -0.05) is 0 Å². The third kappa shape index (κ3) is 3.86. The lowest BCUT2D eigenvalue weighted by molar-refractivity contribution is -0.117. The van der Waals surface area contributed by atoms with Gasteiger partial charge in [-0.05, 0) is 48.9 Å². The molecule has 150 valence electrons. The van der Waals surface area contributed by atoms with Crippen LogP contribution in [0.2, 0.25) is 0 Å². The van der Waals surface area contributed by atoms with E-state index in [1.807, 2.05) is 4.90 Å². The minimum Gasteiger partial charge on any atom is -0.497 e. The van der Waals surface area contributed by atoms with Gasteiger partial charge in [0.1, 0.15) is 11.6 Å². The summed E-state index contributed by atoms with van der Waals surface area (Å²) in [5.74, 6) is 0.137. The predicted molar refractivity (Wildman–Crippen MR) is 110 cm³/mol. The van der Waals surface area contributed by atoms with E-state index in [4.69, 9.17) is 4.74 Å². The lowest BCUT2D eigenvalue weighted by Gasteiger charge is -2.28. The van der Waals surface area contributed by atoms with Gasteiger partial charge in [-0.3, -0.25) is 14.5 Å². The minimum atomic E-state index is -0.424. The summed E-state index contributed by atoms with van der Waals surface area (Å²) < 4.78 is 18.9. The second-order valence-corrected chi connectivity index (χ2v) is 7.29. The number of amides is 1. The van der Waals surface area contributed by atoms with Crippen molar-refractivity contribution in [1.82, 2.24) is 9.88 Å². The van der Waals surface area contributed by atoms with E-state index >= 15 is 0 Å². The van der Waals surface area contributed by atoms with E-state index < -0.39 is 5.82 Å². The normalized spacial score (nSPS) is 13.9. The summed E-state index contributed by atoms with van der Waals surface area (Å²) in [7, 11) is 1.59. The molecule has 0 aliphatic carbocycles.